The number of benzene rings is 1. The summed E-state index contributed by atoms with van der Waals surface area (Å²) in [5.41, 5.74) is 5.18. The average Bonchev–Trinajstić information content (AvgIpc) is 2.71. The number of hydrogen-bond acceptors (Lipinski definition) is 3. The van der Waals surface area contributed by atoms with Crippen molar-refractivity contribution in [2.24, 2.45) is 0 Å². The van der Waals surface area contributed by atoms with Crippen LogP contribution in [0.3, 0.4) is 0 Å². The third-order valence-electron chi connectivity index (χ3n) is 5.49. The molecule has 24 heavy (non-hydrogen) atoms. The molecule has 0 spiro atoms. The summed E-state index contributed by atoms with van der Waals surface area (Å²) in [5, 5.41) is 0. The monoisotopic (exact) mass is 322 g/mol. The lowest BCUT2D eigenvalue weighted by atomic mass is 9.91. The van der Waals surface area contributed by atoms with Gasteiger partial charge in [0.1, 0.15) is 5.75 Å². The van der Waals surface area contributed by atoms with Gasteiger partial charge in [0.2, 0.25) is 5.88 Å². The van der Waals surface area contributed by atoms with Gasteiger partial charge in [-0.3, -0.25) is 4.90 Å². The molecule has 1 aliphatic carbocycles. The SMILES string of the molecule is Cc1cnc(Oc2ccc3c(c2)CCN(C2CCC2)CC3)c(C)c1. The van der Waals surface area contributed by atoms with Crippen molar-refractivity contribution >= 4 is 0 Å². The number of ether oxygens (including phenoxy) is 1. The summed E-state index contributed by atoms with van der Waals surface area (Å²) in [4.78, 5) is 7.12. The van der Waals surface area contributed by atoms with E-state index in [0.29, 0.717) is 5.88 Å². The van der Waals surface area contributed by atoms with Crippen molar-refractivity contribution in [2.75, 3.05) is 13.1 Å². The van der Waals surface area contributed by atoms with E-state index in [2.05, 4.69) is 48.0 Å². The second-order valence-electron chi connectivity index (χ2n) is 7.29. The fourth-order valence-electron chi connectivity index (χ4n) is 3.82. The van der Waals surface area contributed by atoms with Gasteiger partial charge < -0.3 is 4.74 Å². The molecule has 1 saturated carbocycles. The molecule has 4 rings (SSSR count). The van der Waals surface area contributed by atoms with Crippen molar-refractivity contribution in [3.05, 3.63) is 52.7 Å². The van der Waals surface area contributed by atoms with Gasteiger partial charge in [0.05, 0.1) is 0 Å². The summed E-state index contributed by atoms with van der Waals surface area (Å²) in [6.45, 7) is 6.49. The van der Waals surface area contributed by atoms with Crippen LogP contribution in [-0.2, 0) is 12.8 Å². The fourth-order valence-corrected chi connectivity index (χ4v) is 3.82. The molecular weight excluding hydrogens is 296 g/mol. The fraction of sp³-hybridized carbons (Fsp3) is 0.476. The first-order chi connectivity index (χ1) is 11.7. The van der Waals surface area contributed by atoms with Gasteiger partial charge in [0.15, 0.2) is 0 Å². The van der Waals surface area contributed by atoms with Crippen LogP contribution in [0, 0.1) is 13.8 Å². The zero-order chi connectivity index (χ0) is 16.5. The van der Waals surface area contributed by atoms with Crippen LogP contribution in [0.4, 0.5) is 0 Å². The molecule has 0 N–H and O–H groups in total. The molecule has 0 atom stereocenters. The highest BCUT2D eigenvalue weighted by atomic mass is 16.5. The van der Waals surface area contributed by atoms with Crippen LogP contribution in [0.15, 0.2) is 30.5 Å². The minimum atomic E-state index is 0.713. The molecule has 2 aromatic rings. The van der Waals surface area contributed by atoms with Crippen molar-refractivity contribution in [1.29, 1.82) is 0 Å². The Kier molecular flexibility index (Phi) is 4.28. The highest BCUT2D eigenvalue weighted by molar-refractivity contribution is 5.40. The first-order valence-electron chi connectivity index (χ1n) is 9.16. The average molecular weight is 322 g/mol. The van der Waals surface area contributed by atoms with Crippen molar-refractivity contribution < 1.29 is 4.74 Å². The van der Waals surface area contributed by atoms with E-state index in [4.69, 9.17) is 4.74 Å². The minimum Gasteiger partial charge on any atom is -0.439 e. The van der Waals surface area contributed by atoms with E-state index in [1.54, 1.807) is 0 Å². The van der Waals surface area contributed by atoms with E-state index >= 15 is 0 Å². The molecule has 0 amide bonds. The predicted molar refractivity (Wildman–Crippen MR) is 96.8 cm³/mol. The number of hydrogen-bond donors (Lipinski definition) is 0. The van der Waals surface area contributed by atoms with E-state index in [9.17, 15) is 0 Å². The third kappa shape index (κ3) is 3.18. The molecule has 2 heterocycles. The Morgan fingerprint density at radius 3 is 2.54 bits per heavy atom. The van der Waals surface area contributed by atoms with Crippen LogP contribution in [0.25, 0.3) is 0 Å². The lowest BCUT2D eigenvalue weighted by Gasteiger charge is -2.36. The van der Waals surface area contributed by atoms with E-state index < -0.39 is 0 Å². The lowest BCUT2D eigenvalue weighted by molar-refractivity contribution is 0.133. The highest BCUT2D eigenvalue weighted by Gasteiger charge is 2.26. The Bertz CT molecular complexity index is 737. The van der Waals surface area contributed by atoms with Crippen LogP contribution >= 0.6 is 0 Å². The number of fused-ring (bicyclic) bond motifs is 1. The molecule has 0 unspecified atom stereocenters. The Morgan fingerprint density at radius 2 is 1.83 bits per heavy atom. The second kappa shape index (κ2) is 6.56. The van der Waals surface area contributed by atoms with E-state index in [1.165, 1.54) is 43.5 Å². The van der Waals surface area contributed by atoms with Crippen LogP contribution in [0.5, 0.6) is 11.6 Å². The van der Waals surface area contributed by atoms with E-state index in [1.807, 2.05) is 6.20 Å². The Morgan fingerprint density at radius 1 is 1.04 bits per heavy atom. The maximum Gasteiger partial charge on any atom is 0.222 e. The van der Waals surface area contributed by atoms with Gasteiger partial charge >= 0.3 is 0 Å². The van der Waals surface area contributed by atoms with Crippen molar-refractivity contribution in [1.82, 2.24) is 9.88 Å². The van der Waals surface area contributed by atoms with Gasteiger partial charge in [0.25, 0.3) is 0 Å². The number of nitrogens with zero attached hydrogens (tertiary/aromatic N) is 2. The first kappa shape index (κ1) is 15.6. The largest absolute Gasteiger partial charge is 0.439 e. The first-order valence-corrected chi connectivity index (χ1v) is 9.16. The quantitative estimate of drug-likeness (QED) is 0.835. The van der Waals surface area contributed by atoms with Gasteiger partial charge in [-0.05, 0) is 74.4 Å². The standard InChI is InChI=1S/C21H26N2O/c1-15-12-16(2)21(22-14-15)24-20-7-6-17-8-10-23(19-4-3-5-19)11-9-18(17)13-20/h6-7,12-14,19H,3-5,8-11H2,1-2H3. The molecule has 1 aromatic heterocycles. The van der Waals surface area contributed by atoms with Crippen LogP contribution in [0.1, 0.15) is 41.5 Å². The predicted octanol–water partition coefficient (Wildman–Crippen LogP) is 4.44. The summed E-state index contributed by atoms with van der Waals surface area (Å²) in [6.07, 6.45) is 8.35. The smallest absolute Gasteiger partial charge is 0.222 e. The summed E-state index contributed by atoms with van der Waals surface area (Å²) >= 11 is 0. The molecule has 2 aliphatic rings. The molecule has 0 saturated heterocycles. The zero-order valence-corrected chi connectivity index (χ0v) is 14.7. The van der Waals surface area contributed by atoms with Crippen LogP contribution < -0.4 is 4.74 Å². The van der Waals surface area contributed by atoms with Crippen molar-refractivity contribution in [2.45, 2.75) is 52.0 Å². The van der Waals surface area contributed by atoms with E-state index in [-0.39, 0.29) is 0 Å². The Labute approximate surface area is 144 Å². The molecule has 1 fully saturated rings. The molecule has 0 radical (unpaired) electrons. The molecule has 0 bridgehead atoms. The summed E-state index contributed by atoms with van der Waals surface area (Å²) in [5.74, 6) is 1.62. The highest BCUT2D eigenvalue weighted by Crippen LogP contribution is 2.30. The Hall–Kier alpha value is -1.87. The van der Waals surface area contributed by atoms with Gasteiger partial charge in [-0.15, -0.1) is 0 Å². The maximum absolute atomic E-state index is 6.05. The van der Waals surface area contributed by atoms with Crippen molar-refractivity contribution in [3.63, 3.8) is 0 Å². The molecule has 1 aromatic carbocycles. The zero-order valence-electron chi connectivity index (χ0n) is 14.7. The Balaban J connectivity index is 1.50. The molecule has 126 valence electrons. The molecule has 1 aliphatic heterocycles. The number of pyridine rings is 1. The lowest BCUT2D eigenvalue weighted by Crippen LogP contribution is -2.41. The summed E-state index contributed by atoms with van der Waals surface area (Å²) < 4.78 is 6.05. The molecule has 3 heteroatoms. The second-order valence-corrected chi connectivity index (χ2v) is 7.29. The summed E-state index contributed by atoms with van der Waals surface area (Å²) in [7, 11) is 0. The van der Waals surface area contributed by atoms with Gasteiger partial charge in [-0.2, -0.15) is 0 Å². The minimum absolute atomic E-state index is 0.713. The third-order valence-corrected chi connectivity index (χ3v) is 5.49. The van der Waals surface area contributed by atoms with Gasteiger partial charge in [-0.1, -0.05) is 12.5 Å². The molecule has 3 nitrogen and oxygen atoms in total. The van der Waals surface area contributed by atoms with E-state index in [0.717, 1.165) is 35.8 Å². The number of rotatable bonds is 3. The van der Waals surface area contributed by atoms with Gasteiger partial charge in [-0.25, -0.2) is 4.98 Å². The maximum atomic E-state index is 6.05. The normalized spacial score (nSPS) is 18.6. The number of aryl methyl sites for hydroxylation is 2. The topological polar surface area (TPSA) is 25.4 Å². The van der Waals surface area contributed by atoms with Crippen LogP contribution in [-0.4, -0.2) is 29.0 Å². The van der Waals surface area contributed by atoms with Crippen LogP contribution in [0.2, 0.25) is 0 Å². The van der Waals surface area contributed by atoms with Crippen molar-refractivity contribution in [3.8, 4) is 11.6 Å². The summed E-state index contributed by atoms with van der Waals surface area (Å²) in [6, 6.07) is 9.52. The number of aromatic nitrogens is 1. The molecular formula is C21H26N2O. The van der Waals surface area contributed by atoms with Gasteiger partial charge in [0, 0.05) is 30.9 Å².